The molecule has 1 aliphatic heterocycles. The SMILES string of the molecule is O=Cc1cc(F)ccc1N1CCC(CCO)C1. The summed E-state index contributed by atoms with van der Waals surface area (Å²) in [7, 11) is 0. The van der Waals surface area contributed by atoms with E-state index in [2.05, 4.69) is 4.90 Å². The van der Waals surface area contributed by atoms with E-state index in [1.165, 1.54) is 12.1 Å². The highest BCUT2D eigenvalue weighted by atomic mass is 19.1. The van der Waals surface area contributed by atoms with Gasteiger partial charge in [-0.25, -0.2) is 4.39 Å². The van der Waals surface area contributed by atoms with Gasteiger partial charge >= 0.3 is 0 Å². The van der Waals surface area contributed by atoms with Crippen LogP contribution in [0.3, 0.4) is 0 Å². The number of hydrogen-bond acceptors (Lipinski definition) is 3. The van der Waals surface area contributed by atoms with Crippen LogP contribution >= 0.6 is 0 Å². The van der Waals surface area contributed by atoms with Crippen LogP contribution in [0.4, 0.5) is 10.1 Å². The van der Waals surface area contributed by atoms with Crippen molar-refractivity contribution < 1.29 is 14.3 Å². The molecule has 1 fully saturated rings. The molecule has 4 heteroatoms. The predicted octanol–water partition coefficient (Wildman–Crippen LogP) is 1.85. The average Bonchev–Trinajstić information content (AvgIpc) is 2.78. The van der Waals surface area contributed by atoms with Gasteiger partial charge in [0.15, 0.2) is 6.29 Å². The Labute approximate surface area is 99.9 Å². The maximum Gasteiger partial charge on any atom is 0.152 e. The number of aliphatic hydroxyl groups is 1. The number of hydrogen-bond donors (Lipinski definition) is 1. The third-order valence-electron chi connectivity index (χ3n) is 3.28. The van der Waals surface area contributed by atoms with Crippen LogP contribution in [0.1, 0.15) is 23.2 Å². The lowest BCUT2D eigenvalue weighted by Gasteiger charge is -2.20. The minimum absolute atomic E-state index is 0.197. The first-order valence-corrected chi connectivity index (χ1v) is 5.85. The monoisotopic (exact) mass is 237 g/mol. The number of benzene rings is 1. The Bertz CT molecular complexity index is 408. The largest absolute Gasteiger partial charge is 0.396 e. The summed E-state index contributed by atoms with van der Waals surface area (Å²) in [5.74, 6) is 0.0755. The molecule has 92 valence electrons. The second-order valence-corrected chi connectivity index (χ2v) is 4.43. The van der Waals surface area contributed by atoms with Crippen molar-refractivity contribution in [2.45, 2.75) is 12.8 Å². The number of halogens is 1. The van der Waals surface area contributed by atoms with Gasteiger partial charge in [-0.3, -0.25) is 4.79 Å². The summed E-state index contributed by atoms with van der Waals surface area (Å²) in [5, 5.41) is 8.90. The summed E-state index contributed by atoms with van der Waals surface area (Å²) >= 11 is 0. The van der Waals surface area contributed by atoms with Crippen LogP contribution in [-0.4, -0.2) is 31.1 Å². The van der Waals surface area contributed by atoms with E-state index >= 15 is 0 Å². The van der Waals surface area contributed by atoms with Gasteiger partial charge in [0.2, 0.25) is 0 Å². The third-order valence-corrected chi connectivity index (χ3v) is 3.28. The molecular weight excluding hydrogens is 221 g/mol. The van der Waals surface area contributed by atoms with Crippen LogP contribution in [0.5, 0.6) is 0 Å². The van der Waals surface area contributed by atoms with Crippen molar-refractivity contribution in [1.29, 1.82) is 0 Å². The molecule has 1 aliphatic rings. The number of carbonyl (C=O) groups excluding carboxylic acids is 1. The molecule has 0 amide bonds. The number of aliphatic hydroxyl groups excluding tert-OH is 1. The maximum atomic E-state index is 13.0. The zero-order valence-corrected chi connectivity index (χ0v) is 9.60. The number of anilines is 1. The number of rotatable bonds is 4. The molecule has 0 bridgehead atoms. The van der Waals surface area contributed by atoms with E-state index < -0.39 is 0 Å². The van der Waals surface area contributed by atoms with Crippen LogP contribution in [0.15, 0.2) is 18.2 Å². The van der Waals surface area contributed by atoms with Crippen molar-refractivity contribution in [3.63, 3.8) is 0 Å². The molecule has 0 aliphatic carbocycles. The molecule has 1 aromatic carbocycles. The van der Waals surface area contributed by atoms with Crippen molar-refractivity contribution in [1.82, 2.24) is 0 Å². The van der Waals surface area contributed by atoms with Crippen LogP contribution in [0, 0.1) is 11.7 Å². The molecule has 0 spiro atoms. The van der Waals surface area contributed by atoms with E-state index in [9.17, 15) is 9.18 Å². The van der Waals surface area contributed by atoms with Gasteiger partial charge in [0.05, 0.1) is 0 Å². The van der Waals surface area contributed by atoms with Crippen LogP contribution in [0.2, 0.25) is 0 Å². The Morgan fingerprint density at radius 3 is 3.06 bits per heavy atom. The molecule has 1 saturated heterocycles. The molecule has 1 aromatic rings. The number of carbonyl (C=O) groups is 1. The Kier molecular flexibility index (Phi) is 3.74. The quantitative estimate of drug-likeness (QED) is 0.812. The van der Waals surface area contributed by atoms with Gasteiger partial charge in [0, 0.05) is 30.9 Å². The van der Waals surface area contributed by atoms with E-state index in [1.54, 1.807) is 6.07 Å². The first-order valence-electron chi connectivity index (χ1n) is 5.85. The van der Waals surface area contributed by atoms with Crippen molar-refractivity contribution in [3.05, 3.63) is 29.6 Å². The summed E-state index contributed by atoms with van der Waals surface area (Å²) < 4.78 is 13.0. The molecular formula is C13H16FNO2. The molecule has 0 aromatic heterocycles. The van der Waals surface area contributed by atoms with Crippen molar-refractivity contribution >= 4 is 12.0 Å². The summed E-state index contributed by atoms with van der Waals surface area (Å²) in [6.07, 6.45) is 2.49. The second-order valence-electron chi connectivity index (χ2n) is 4.43. The zero-order chi connectivity index (χ0) is 12.3. The molecule has 0 saturated carbocycles. The first kappa shape index (κ1) is 12.0. The first-order chi connectivity index (χ1) is 8.24. The molecule has 1 atom stereocenters. The number of aldehydes is 1. The smallest absolute Gasteiger partial charge is 0.152 e. The minimum atomic E-state index is -0.387. The Morgan fingerprint density at radius 1 is 1.53 bits per heavy atom. The summed E-state index contributed by atoms with van der Waals surface area (Å²) in [6, 6.07) is 4.30. The van der Waals surface area contributed by atoms with Crippen molar-refractivity contribution in [3.8, 4) is 0 Å². The van der Waals surface area contributed by atoms with E-state index in [4.69, 9.17) is 5.11 Å². The molecule has 1 unspecified atom stereocenters. The molecule has 1 heterocycles. The van der Waals surface area contributed by atoms with Crippen LogP contribution in [0.25, 0.3) is 0 Å². The Balaban J connectivity index is 2.15. The van der Waals surface area contributed by atoms with Gasteiger partial charge in [0.25, 0.3) is 0 Å². The standard InChI is InChI=1S/C13H16FNO2/c14-12-1-2-13(11(7-12)9-17)15-5-3-10(8-15)4-6-16/h1-2,7,9-10,16H,3-6,8H2. The lowest BCUT2D eigenvalue weighted by Crippen LogP contribution is -2.21. The van der Waals surface area contributed by atoms with Crippen molar-refractivity contribution in [2.75, 3.05) is 24.6 Å². The van der Waals surface area contributed by atoms with E-state index in [0.29, 0.717) is 17.8 Å². The lowest BCUT2D eigenvalue weighted by molar-refractivity contribution is 0.112. The molecule has 3 nitrogen and oxygen atoms in total. The van der Waals surface area contributed by atoms with Crippen molar-refractivity contribution in [2.24, 2.45) is 5.92 Å². The highest BCUT2D eigenvalue weighted by Crippen LogP contribution is 2.28. The van der Waals surface area contributed by atoms with Gasteiger partial charge < -0.3 is 10.0 Å². The molecule has 1 N–H and O–H groups in total. The summed E-state index contributed by atoms with van der Waals surface area (Å²) in [5.41, 5.74) is 1.19. The summed E-state index contributed by atoms with van der Waals surface area (Å²) in [6.45, 7) is 1.88. The fourth-order valence-electron chi connectivity index (χ4n) is 2.38. The second kappa shape index (κ2) is 5.27. The molecule has 0 radical (unpaired) electrons. The average molecular weight is 237 g/mol. The van der Waals surface area contributed by atoms with E-state index in [1.807, 2.05) is 0 Å². The highest BCUT2D eigenvalue weighted by Gasteiger charge is 2.23. The predicted molar refractivity (Wildman–Crippen MR) is 63.8 cm³/mol. The fourth-order valence-corrected chi connectivity index (χ4v) is 2.38. The highest BCUT2D eigenvalue weighted by molar-refractivity contribution is 5.84. The third kappa shape index (κ3) is 2.64. The topological polar surface area (TPSA) is 40.5 Å². The minimum Gasteiger partial charge on any atom is -0.396 e. The normalized spacial score (nSPS) is 19.6. The Hall–Kier alpha value is -1.42. The van der Waals surface area contributed by atoms with Gasteiger partial charge in [0.1, 0.15) is 5.82 Å². The summed E-state index contributed by atoms with van der Waals surface area (Å²) in [4.78, 5) is 13.0. The molecule has 17 heavy (non-hydrogen) atoms. The maximum absolute atomic E-state index is 13.0. The van der Waals surface area contributed by atoms with Gasteiger partial charge in [-0.1, -0.05) is 0 Å². The van der Waals surface area contributed by atoms with Gasteiger partial charge in [-0.2, -0.15) is 0 Å². The van der Waals surface area contributed by atoms with Crippen LogP contribution < -0.4 is 4.90 Å². The van der Waals surface area contributed by atoms with Crippen LogP contribution in [-0.2, 0) is 0 Å². The van der Waals surface area contributed by atoms with Gasteiger partial charge in [-0.15, -0.1) is 0 Å². The fraction of sp³-hybridized carbons (Fsp3) is 0.462. The van der Waals surface area contributed by atoms with E-state index in [-0.39, 0.29) is 12.4 Å². The number of nitrogens with zero attached hydrogens (tertiary/aromatic N) is 1. The lowest BCUT2D eigenvalue weighted by atomic mass is 10.1. The zero-order valence-electron chi connectivity index (χ0n) is 9.60. The van der Waals surface area contributed by atoms with E-state index in [0.717, 1.165) is 31.6 Å². The van der Waals surface area contributed by atoms with Gasteiger partial charge in [-0.05, 0) is 37.0 Å². The molecule has 2 rings (SSSR count). The Morgan fingerprint density at radius 2 is 2.35 bits per heavy atom.